The first-order valence-corrected chi connectivity index (χ1v) is 8.31. The van der Waals surface area contributed by atoms with Gasteiger partial charge in [0.25, 0.3) is 5.91 Å². The summed E-state index contributed by atoms with van der Waals surface area (Å²) in [7, 11) is 0. The molecule has 2 heterocycles. The lowest BCUT2D eigenvalue weighted by molar-refractivity contribution is -0.133. The van der Waals surface area contributed by atoms with Crippen molar-refractivity contribution in [2.24, 2.45) is 5.92 Å². The Hall–Kier alpha value is -1.21. The molecule has 1 N–H and O–H groups in total. The summed E-state index contributed by atoms with van der Waals surface area (Å²) < 4.78 is 4.15. The van der Waals surface area contributed by atoms with Crippen LogP contribution in [0.5, 0.6) is 0 Å². The zero-order chi connectivity index (χ0) is 15.0. The number of imide groups is 1. The smallest absolute Gasteiger partial charge is 0.323 e. The van der Waals surface area contributed by atoms with E-state index in [2.05, 4.69) is 21.8 Å². The number of nitrogens with one attached hydrogen (secondary N) is 1. The van der Waals surface area contributed by atoms with Crippen molar-refractivity contribution in [3.63, 3.8) is 0 Å². The molecule has 8 heteroatoms. The Morgan fingerprint density at radius 3 is 2.71 bits per heavy atom. The van der Waals surface area contributed by atoms with Gasteiger partial charge in [-0.05, 0) is 31.6 Å². The lowest BCUT2D eigenvalue weighted by atomic mass is 9.75. The van der Waals surface area contributed by atoms with Crippen LogP contribution < -0.4 is 5.32 Å². The highest BCUT2D eigenvalue weighted by Gasteiger charge is 2.52. The van der Waals surface area contributed by atoms with Crippen molar-refractivity contribution < 1.29 is 9.59 Å². The first-order valence-electron chi connectivity index (χ1n) is 7.16. The first-order chi connectivity index (χ1) is 10.1. The maximum atomic E-state index is 12.7. The van der Waals surface area contributed by atoms with Crippen molar-refractivity contribution >= 4 is 35.1 Å². The molecule has 3 amide bonds. The monoisotopic (exact) mass is 328 g/mol. The van der Waals surface area contributed by atoms with Crippen LogP contribution in [-0.4, -0.2) is 32.0 Å². The van der Waals surface area contributed by atoms with E-state index in [0.29, 0.717) is 15.9 Å². The molecule has 0 radical (unpaired) electrons. The highest BCUT2D eigenvalue weighted by atomic mass is 35.5. The van der Waals surface area contributed by atoms with Crippen LogP contribution in [0.1, 0.15) is 44.7 Å². The molecule has 0 aromatic carbocycles. The zero-order valence-electron chi connectivity index (χ0n) is 11.8. The summed E-state index contributed by atoms with van der Waals surface area (Å²) in [5.41, 5.74) is -0.233. The van der Waals surface area contributed by atoms with Crippen molar-refractivity contribution in [3.05, 3.63) is 10.0 Å². The molecular formula is C13H17ClN4O2S. The molecule has 1 saturated carbocycles. The van der Waals surface area contributed by atoms with Gasteiger partial charge in [0, 0.05) is 11.5 Å². The molecule has 1 saturated heterocycles. The van der Waals surface area contributed by atoms with Gasteiger partial charge in [-0.2, -0.15) is 0 Å². The summed E-state index contributed by atoms with van der Waals surface area (Å²) in [6, 6.07) is -0.348. The molecule has 6 nitrogen and oxygen atoms in total. The summed E-state index contributed by atoms with van der Waals surface area (Å²) >= 11 is 7.01. The van der Waals surface area contributed by atoms with E-state index in [1.807, 2.05) is 0 Å². The quantitative estimate of drug-likeness (QED) is 0.865. The molecule has 1 aromatic rings. The Kier molecular flexibility index (Phi) is 3.88. The molecule has 0 bridgehead atoms. The maximum absolute atomic E-state index is 12.7. The van der Waals surface area contributed by atoms with Crippen LogP contribution in [0, 0.1) is 5.92 Å². The lowest BCUT2D eigenvalue weighted by Gasteiger charge is -2.34. The first kappa shape index (κ1) is 14.7. The van der Waals surface area contributed by atoms with E-state index in [1.54, 1.807) is 0 Å². The molecule has 3 rings (SSSR count). The summed E-state index contributed by atoms with van der Waals surface area (Å²) in [4.78, 5) is 26.1. The number of carbonyl (C=O) groups is 2. The van der Waals surface area contributed by atoms with Crippen molar-refractivity contribution in [1.82, 2.24) is 19.8 Å². The van der Waals surface area contributed by atoms with Crippen molar-refractivity contribution in [2.75, 3.05) is 0 Å². The number of halogens is 1. The van der Waals surface area contributed by atoms with Gasteiger partial charge in [0.1, 0.15) is 15.6 Å². The zero-order valence-corrected chi connectivity index (χ0v) is 13.3. The highest BCUT2D eigenvalue weighted by Crippen LogP contribution is 2.38. The lowest BCUT2D eigenvalue weighted by Crippen LogP contribution is -2.49. The number of rotatable bonds is 3. The molecular weight excluding hydrogens is 312 g/mol. The van der Waals surface area contributed by atoms with Crippen LogP contribution in [0.3, 0.4) is 0 Å². The van der Waals surface area contributed by atoms with E-state index in [-0.39, 0.29) is 18.5 Å². The summed E-state index contributed by atoms with van der Waals surface area (Å²) in [5, 5.41) is 6.76. The van der Waals surface area contributed by atoms with E-state index < -0.39 is 5.54 Å². The second-order valence-electron chi connectivity index (χ2n) is 5.75. The molecule has 0 atom stereocenters. The van der Waals surface area contributed by atoms with Gasteiger partial charge < -0.3 is 5.32 Å². The predicted octanol–water partition coefficient (Wildman–Crippen LogP) is 2.58. The van der Waals surface area contributed by atoms with Gasteiger partial charge in [0.15, 0.2) is 0 Å². The van der Waals surface area contributed by atoms with Gasteiger partial charge in [0.05, 0.1) is 6.54 Å². The van der Waals surface area contributed by atoms with Gasteiger partial charge in [-0.25, -0.2) is 4.79 Å². The number of urea groups is 1. The molecule has 1 spiro atoms. The van der Waals surface area contributed by atoms with Crippen LogP contribution in [0.25, 0.3) is 0 Å². The number of aromatic nitrogens is 2. The second-order valence-corrected chi connectivity index (χ2v) is 7.10. The minimum Gasteiger partial charge on any atom is -0.323 e. The van der Waals surface area contributed by atoms with Gasteiger partial charge >= 0.3 is 6.03 Å². The largest absolute Gasteiger partial charge is 0.325 e. The molecule has 21 heavy (non-hydrogen) atoms. The van der Waals surface area contributed by atoms with E-state index in [4.69, 9.17) is 11.6 Å². The molecule has 2 aliphatic rings. The van der Waals surface area contributed by atoms with Crippen LogP contribution in [0.2, 0.25) is 4.34 Å². The van der Waals surface area contributed by atoms with E-state index in [0.717, 1.165) is 43.6 Å². The minimum absolute atomic E-state index is 0.0962. The van der Waals surface area contributed by atoms with Crippen LogP contribution in [0.15, 0.2) is 0 Å². The van der Waals surface area contributed by atoms with Crippen LogP contribution in [-0.2, 0) is 11.3 Å². The summed E-state index contributed by atoms with van der Waals surface area (Å²) in [5.74, 6) is 0.512. The van der Waals surface area contributed by atoms with Gasteiger partial charge in [-0.3, -0.25) is 9.69 Å². The highest BCUT2D eigenvalue weighted by molar-refractivity contribution is 7.10. The Morgan fingerprint density at radius 1 is 1.43 bits per heavy atom. The third-order valence-corrected chi connectivity index (χ3v) is 5.58. The van der Waals surface area contributed by atoms with Crippen molar-refractivity contribution in [3.8, 4) is 0 Å². The molecule has 1 aliphatic carbocycles. The Labute approximate surface area is 132 Å². The van der Waals surface area contributed by atoms with Crippen LogP contribution in [0.4, 0.5) is 4.79 Å². The molecule has 1 aromatic heterocycles. The Balaban J connectivity index is 1.75. The fourth-order valence-electron chi connectivity index (χ4n) is 3.18. The number of hydrogen-bond acceptors (Lipinski definition) is 5. The molecule has 114 valence electrons. The van der Waals surface area contributed by atoms with Crippen molar-refractivity contribution in [1.29, 1.82) is 0 Å². The number of carbonyl (C=O) groups excluding carboxylic acids is 2. The third-order valence-electron chi connectivity index (χ3n) is 4.60. The molecule has 2 fully saturated rings. The Morgan fingerprint density at radius 2 is 2.14 bits per heavy atom. The second kappa shape index (κ2) is 5.53. The summed E-state index contributed by atoms with van der Waals surface area (Å²) in [6.07, 6.45) is 4.53. The normalized spacial score (nSPS) is 29.2. The third kappa shape index (κ3) is 2.53. The van der Waals surface area contributed by atoms with E-state index in [1.165, 1.54) is 4.90 Å². The van der Waals surface area contributed by atoms with Gasteiger partial charge in [-0.1, -0.05) is 29.4 Å². The fraction of sp³-hybridized carbons (Fsp3) is 0.692. The average Bonchev–Trinajstić information content (AvgIpc) is 2.98. The molecule has 0 unspecified atom stereocenters. The summed E-state index contributed by atoms with van der Waals surface area (Å²) in [6.45, 7) is 2.26. The number of hydrogen-bond donors (Lipinski definition) is 1. The number of nitrogens with zero attached hydrogens (tertiary/aromatic N) is 3. The number of amides is 3. The molecule has 1 aliphatic heterocycles. The van der Waals surface area contributed by atoms with E-state index in [9.17, 15) is 9.59 Å². The topological polar surface area (TPSA) is 75.2 Å². The average molecular weight is 329 g/mol. The fourth-order valence-corrected chi connectivity index (χ4v) is 3.79. The predicted molar refractivity (Wildman–Crippen MR) is 79.0 cm³/mol. The van der Waals surface area contributed by atoms with Crippen molar-refractivity contribution in [2.45, 2.75) is 51.1 Å². The van der Waals surface area contributed by atoms with Crippen LogP contribution >= 0.6 is 23.1 Å². The van der Waals surface area contributed by atoms with Gasteiger partial charge in [-0.15, -0.1) is 5.10 Å². The van der Waals surface area contributed by atoms with E-state index >= 15 is 0 Å². The minimum atomic E-state index is -0.710. The Bertz CT molecular complexity index is 568. The van der Waals surface area contributed by atoms with Gasteiger partial charge in [0.2, 0.25) is 0 Å². The standard InChI is InChI=1S/C13H17ClN4O2S/c1-2-8-3-5-13(6-4-8)11(19)18(12(20)15-13)7-9-10(14)21-17-16-9/h8H,2-7H2,1H3,(H,15,20). The SMILES string of the molecule is CCC1CCC2(CC1)NC(=O)N(Cc1nnsc1Cl)C2=O. The maximum Gasteiger partial charge on any atom is 0.325 e.